The Balaban J connectivity index is 1.87. The van der Waals surface area contributed by atoms with E-state index in [9.17, 15) is 4.79 Å². The van der Waals surface area contributed by atoms with Gasteiger partial charge in [-0.05, 0) is 42.0 Å². The van der Waals surface area contributed by atoms with Crippen molar-refractivity contribution >= 4 is 52.1 Å². The van der Waals surface area contributed by atoms with Crippen LogP contribution in [0.5, 0.6) is 0 Å². The summed E-state index contributed by atoms with van der Waals surface area (Å²) in [5, 5.41) is 7.52. The highest BCUT2D eigenvalue weighted by atomic mass is 35.5. The molecule has 0 aromatic heterocycles. The quantitative estimate of drug-likeness (QED) is 0.513. The molecule has 132 valence electrons. The summed E-state index contributed by atoms with van der Waals surface area (Å²) in [6.45, 7) is 0. The number of benzene rings is 3. The highest BCUT2D eigenvalue weighted by molar-refractivity contribution is 6.42. The third kappa shape index (κ3) is 4.70. The maximum absolute atomic E-state index is 12.9. The van der Waals surface area contributed by atoms with Crippen molar-refractivity contribution in [2.24, 2.45) is 0 Å². The highest BCUT2D eigenvalue weighted by Crippen LogP contribution is 2.28. The van der Waals surface area contributed by atoms with Gasteiger partial charge in [-0.3, -0.25) is 4.79 Å². The number of carbonyl (C=O) groups is 1. The molecule has 0 bridgehead atoms. The number of hydrogen-bond acceptors (Lipinski definition) is 2. The van der Waals surface area contributed by atoms with Crippen molar-refractivity contribution in [3.8, 4) is 0 Å². The molecule has 3 aromatic rings. The molecule has 26 heavy (non-hydrogen) atoms. The minimum Gasteiger partial charge on any atom is -0.370 e. The number of hydrogen-bond donors (Lipinski definition) is 2. The molecule has 0 heterocycles. The van der Waals surface area contributed by atoms with E-state index in [-0.39, 0.29) is 5.91 Å². The predicted octanol–water partition coefficient (Wildman–Crippen LogP) is 6.44. The molecule has 1 amide bonds. The molecular weight excluding hydrogens is 391 g/mol. The van der Waals surface area contributed by atoms with Gasteiger partial charge in [0, 0.05) is 16.4 Å². The lowest BCUT2D eigenvalue weighted by Crippen LogP contribution is -2.27. The minimum absolute atomic E-state index is 0.218. The summed E-state index contributed by atoms with van der Waals surface area (Å²) in [4.78, 5) is 12.9. The topological polar surface area (TPSA) is 41.1 Å². The van der Waals surface area contributed by atoms with Crippen molar-refractivity contribution in [1.82, 2.24) is 0 Å². The summed E-state index contributed by atoms with van der Waals surface area (Å²) in [7, 11) is 0. The van der Waals surface area contributed by atoms with E-state index in [0.717, 1.165) is 5.56 Å². The average Bonchev–Trinajstić information content (AvgIpc) is 2.63. The van der Waals surface area contributed by atoms with Crippen LogP contribution < -0.4 is 10.6 Å². The van der Waals surface area contributed by atoms with Crippen LogP contribution in [-0.2, 0) is 4.79 Å². The van der Waals surface area contributed by atoms with Gasteiger partial charge in [0.2, 0.25) is 0 Å². The molecule has 0 aliphatic heterocycles. The van der Waals surface area contributed by atoms with Crippen molar-refractivity contribution in [3.05, 3.63) is 93.4 Å². The van der Waals surface area contributed by atoms with Crippen molar-refractivity contribution in [2.75, 3.05) is 10.6 Å². The third-order valence-corrected chi connectivity index (χ3v) is 4.69. The number of amides is 1. The number of anilines is 2. The molecule has 3 nitrogen and oxygen atoms in total. The van der Waals surface area contributed by atoms with E-state index in [1.807, 2.05) is 30.3 Å². The van der Waals surface area contributed by atoms with Crippen LogP contribution in [0.25, 0.3) is 0 Å². The van der Waals surface area contributed by atoms with E-state index in [4.69, 9.17) is 34.8 Å². The second kappa shape index (κ2) is 8.45. The second-order valence-electron chi connectivity index (χ2n) is 5.62. The van der Waals surface area contributed by atoms with Gasteiger partial charge in [0.1, 0.15) is 6.04 Å². The Hall–Kier alpha value is -2.20. The molecule has 1 unspecified atom stereocenters. The molecule has 0 aliphatic carbocycles. The monoisotopic (exact) mass is 404 g/mol. The van der Waals surface area contributed by atoms with Gasteiger partial charge in [-0.2, -0.15) is 0 Å². The first kappa shape index (κ1) is 18.6. The Morgan fingerprint density at radius 1 is 0.769 bits per heavy atom. The zero-order valence-electron chi connectivity index (χ0n) is 13.5. The molecule has 3 rings (SSSR count). The largest absolute Gasteiger partial charge is 0.370 e. The van der Waals surface area contributed by atoms with Crippen LogP contribution >= 0.6 is 34.8 Å². The summed E-state index contributed by atoms with van der Waals surface area (Å²) in [6, 6.07) is 21.0. The average molecular weight is 406 g/mol. The SMILES string of the molecule is O=C(Nc1cccc(Cl)c1)C(Nc1ccc(Cl)c(Cl)c1)c1ccccc1. The van der Waals surface area contributed by atoms with E-state index in [1.54, 1.807) is 42.5 Å². The van der Waals surface area contributed by atoms with Gasteiger partial charge < -0.3 is 10.6 Å². The van der Waals surface area contributed by atoms with Crippen LogP contribution in [0.3, 0.4) is 0 Å². The number of halogens is 3. The van der Waals surface area contributed by atoms with Crippen LogP contribution in [-0.4, -0.2) is 5.91 Å². The zero-order chi connectivity index (χ0) is 18.5. The third-order valence-electron chi connectivity index (χ3n) is 3.72. The van der Waals surface area contributed by atoms with Crippen LogP contribution in [0.2, 0.25) is 15.1 Å². The molecule has 2 N–H and O–H groups in total. The Kier molecular flexibility index (Phi) is 6.04. The highest BCUT2D eigenvalue weighted by Gasteiger charge is 2.21. The van der Waals surface area contributed by atoms with Crippen LogP contribution in [0.15, 0.2) is 72.8 Å². The number of rotatable bonds is 5. The van der Waals surface area contributed by atoms with E-state index in [2.05, 4.69) is 10.6 Å². The van der Waals surface area contributed by atoms with Gasteiger partial charge in [0.05, 0.1) is 10.0 Å². The van der Waals surface area contributed by atoms with Crippen LogP contribution in [0.4, 0.5) is 11.4 Å². The fourth-order valence-corrected chi connectivity index (χ4v) is 2.97. The van der Waals surface area contributed by atoms with E-state index in [0.29, 0.717) is 26.4 Å². The molecular formula is C20H15Cl3N2O. The molecule has 0 radical (unpaired) electrons. The van der Waals surface area contributed by atoms with Gasteiger partial charge in [0.15, 0.2) is 0 Å². The number of carbonyl (C=O) groups excluding carboxylic acids is 1. The molecule has 1 atom stereocenters. The predicted molar refractivity (Wildman–Crippen MR) is 109 cm³/mol. The summed E-state index contributed by atoms with van der Waals surface area (Å²) in [6.07, 6.45) is 0. The standard InChI is InChI=1S/C20H15Cl3N2O/c21-14-7-4-8-15(11-14)25-20(26)19(13-5-2-1-3-6-13)24-16-9-10-17(22)18(23)12-16/h1-12,19,24H,(H,25,26). The van der Waals surface area contributed by atoms with E-state index >= 15 is 0 Å². The summed E-state index contributed by atoms with van der Waals surface area (Å²) < 4.78 is 0. The Bertz CT molecular complexity index is 916. The van der Waals surface area contributed by atoms with Crippen molar-refractivity contribution in [1.29, 1.82) is 0 Å². The fourth-order valence-electron chi connectivity index (χ4n) is 2.48. The maximum Gasteiger partial charge on any atom is 0.251 e. The summed E-state index contributed by atoms with van der Waals surface area (Å²) >= 11 is 18.0. The molecule has 0 fully saturated rings. The van der Waals surface area contributed by atoms with E-state index < -0.39 is 6.04 Å². The molecule has 6 heteroatoms. The van der Waals surface area contributed by atoms with Gasteiger partial charge in [0.25, 0.3) is 5.91 Å². The van der Waals surface area contributed by atoms with Gasteiger partial charge in [-0.1, -0.05) is 71.2 Å². The lowest BCUT2D eigenvalue weighted by molar-refractivity contribution is -0.117. The van der Waals surface area contributed by atoms with Crippen LogP contribution in [0, 0.1) is 0 Å². The normalized spacial score (nSPS) is 11.7. The fraction of sp³-hybridized carbons (Fsp3) is 0.0500. The Morgan fingerprint density at radius 2 is 1.54 bits per heavy atom. The van der Waals surface area contributed by atoms with Crippen molar-refractivity contribution < 1.29 is 4.79 Å². The first-order valence-electron chi connectivity index (χ1n) is 7.86. The number of nitrogens with one attached hydrogen (secondary N) is 2. The minimum atomic E-state index is -0.618. The zero-order valence-corrected chi connectivity index (χ0v) is 15.8. The Labute approximate surface area is 166 Å². The maximum atomic E-state index is 12.9. The molecule has 0 aliphatic rings. The van der Waals surface area contributed by atoms with Gasteiger partial charge in [-0.25, -0.2) is 0 Å². The van der Waals surface area contributed by atoms with Gasteiger partial charge in [-0.15, -0.1) is 0 Å². The molecule has 0 saturated carbocycles. The van der Waals surface area contributed by atoms with Crippen molar-refractivity contribution in [2.45, 2.75) is 6.04 Å². The lowest BCUT2D eigenvalue weighted by atomic mass is 10.1. The first-order valence-corrected chi connectivity index (χ1v) is 8.99. The molecule has 3 aromatic carbocycles. The molecule has 0 saturated heterocycles. The second-order valence-corrected chi connectivity index (χ2v) is 6.87. The molecule has 0 spiro atoms. The summed E-state index contributed by atoms with van der Waals surface area (Å²) in [5.74, 6) is -0.218. The van der Waals surface area contributed by atoms with Gasteiger partial charge >= 0.3 is 0 Å². The lowest BCUT2D eigenvalue weighted by Gasteiger charge is -2.20. The Morgan fingerprint density at radius 3 is 2.23 bits per heavy atom. The summed E-state index contributed by atoms with van der Waals surface area (Å²) in [5.41, 5.74) is 2.13. The van der Waals surface area contributed by atoms with E-state index in [1.165, 1.54) is 0 Å². The van der Waals surface area contributed by atoms with Crippen LogP contribution in [0.1, 0.15) is 11.6 Å². The smallest absolute Gasteiger partial charge is 0.251 e. The van der Waals surface area contributed by atoms with Crippen molar-refractivity contribution in [3.63, 3.8) is 0 Å². The first-order chi connectivity index (χ1) is 12.5.